The van der Waals surface area contributed by atoms with Gasteiger partial charge in [-0.05, 0) is 37.1 Å². The van der Waals surface area contributed by atoms with Crippen LogP contribution >= 0.6 is 11.6 Å². The second kappa shape index (κ2) is 6.16. The molecule has 0 aromatic carbocycles. The molecular formula is C14H14ClNO. The minimum Gasteiger partial charge on any atom is -0.298 e. The van der Waals surface area contributed by atoms with Crippen LogP contribution < -0.4 is 0 Å². The molecule has 0 aliphatic rings. The summed E-state index contributed by atoms with van der Waals surface area (Å²) >= 11 is 6.16. The van der Waals surface area contributed by atoms with E-state index in [-0.39, 0.29) is 0 Å². The number of pyridine rings is 1. The van der Waals surface area contributed by atoms with E-state index < -0.39 is 0 Å². The predicted molar refractivity (Wildman–Crippen MR) is 71.8 cm³/mol. The molecule has 0 bridgehead atoms. The van der Waals surface area contributed by atoms with Crippen LogP contribution in [-0.4, -0.2) is 11.3 Å². The van der Waals surface area contributed by atoms with Crippen molar-refractivity contribution < 1.29 is 4.79 Å². The highest BCUT2D eigenvalue weighted by Gasteiger charge is 2.04. The molecule has 1 aromatic heterocycles. The van der Waals surface area contributed by atoms with Crippen LogP contribution in [0.2, 0.25) is 0 Å². The summed E-state index contributed by atoms with van der Waals surface area (Å²) in [5.41, 5.74) is 3.41. The summed E-state index contributed by atoms with van der Waals surface area (Å²) in [7, 11) is 0. The van der Waals surface area contributed by atoms with E-state index in [1.54, 1.807) is 18.5 Å². The SMILES string of the molecule is C=C/C(C=O)=C\C(Cl)=C(/C)c1cnccc1C. The Morgan fingerprint density at radius 2 is 2.24 bits per heavy atom. The maximum Gasteiger partial charge on any atom is 0.150 e. The first-order valence-electron chi connectivity index (χ1n) is 5.16. The first kappa shape index (κ1) is 13.4. The Labute approximate surface area is 106 Å². The average Bonchev–Trinajstić information content (AvgIpc) is 2.35. The molecule has 2 nitrogen and oxygen atoms in total. The molecule has 0 unspecified atom stereocenters. The van der Waals surface area contributed by atoms with Crippen molar-refractivity contribution in [2.75, 3.05) is 0 Å². The van der Waals surface area contributed by atoms with Gasteiger partial charge < -0.3 is 0 Å². The van der Waals surface area contributed by atoms with Gasteiger partial charge in [0.1, 0.15) is 6.29 Å². The quantitative estimate of drug-likeness (QED) is 0.462. The van der Waals surface area contributed by atoms with Crippen LogP contribution in [0, 0.1) is 6.92 Å². The van der Waals surface area contributed by atoms with Gasteiger partial charge in [-0.1, -0.05) is 24.3 Å². The van der Waals surface area contributed by atoms with Crippen molar-refractivity contribution >= 4 is 23.5 Å². The number of carbonyl (C=O) groups is 1. The number of allylic oxidation sites excluding steroid dienone is 5. The van der Waals surface area contributed by atoms with Gasteiger partial charge in [-0.25, -0.2) is 0 Å². The Kier molecular flexibility index (Phi) is 4.85. The standard InChI is InChI=1S/C14H14ClNO/c1-4-12(9-17)7-14(15)11(3)13-8-16-6-5-10(13)2/h4-9H,1H2,2-3H3/b12-7+,14-11-. The monoisotopic (exact) mass is 247 g/mol. The van der Waals surface area contributed by atoms with Crippen molar-refractivity contribution in [2.24, 2.45) is 0 Å². The Bertz CT molecular complexity index is 491. The number of halogens is 1. The fourth-order valence-corrected chi connectivity index (χ4v) is 1.61. The zero-order valence-corrected chi connectivity index (χ0v) is 10.7. The van der Waals surface area contributed by atoms with Crippen molar-refractivity contribution in [2.45, 2.75) is 13.8 Å². The summed E-state index contributed by atoms with van der Waals surface area (Å²) in [6.45, 7) is 7.43. The molecule has 17 heavy (non-hydrogen) atoms. The lowest BCUT2D eigenvalue weighted by Gasteiger charge is -2.06. The summed E-state index contributed by atoms with van der Waals surface area (Å²) in [6, 6.07) is 1.92. The highest BCUT2D eigenvalue weighted by Crippen LogP contribution is 2.24. The van der Waals surface area contributed by atoms with E-state index >= 15 is 0 Å². The highest BCUT2D eigenvalue weighted by atomic mass is 35.5. The molecule has 0 aliphatic carbocycles. The topological polar surface area (TPSA) is 30.0 Å². The van der Waals surface area contributed by atoms with Gasteiger partial charge in [-0.3, -0.25) is 9.78 Å². The second-order valence-electron chi connectivity index (χ2n) is 3.63. The summed E-state index contributed by atoms with van der Waals surface area (Å²) in [6.07, 6.45) is 7.28. The molecular weight excluding hydrogens is 234 g/mol. The van der Waals surface area contributed by atoms with Gasteiger partial charge in [0, 0.05) is 28.6 Å². The third-order valence-corrected chi connectivity index (χ3v) is 2.86. The predicted octanol–water partition coefficient (Wildman–Crippen LogP) is 3.67. The summed E-state index contributed by atoms with van der Waals surface area (Å²) < 4.78 is 0. The Morgan fingerprint density at radius 3 is 2.76 bits per heavy atom. The number of hydrogen-bond acceptors (Lipinski definition) is 2. The van der Waals surface area contributed by atoms with Crippen molar-refractivity contribution in [1.82, 2.24) is 4.98 Å². The largest absolute Gasteiger partial charge is 0.298 e. The number of aromatic nitrogens is 1. The van der Waals surface area contributed by atoms with Crippen molar-refractivity contribution in [3.8, 4) is 0 Å². The minimum absolute atomic E-state index is 0.455. The lowest BCUT2D eigenvalue weighted by molar-refractivity contribution is -0.104. The zero-order chi connectivity index (χ0) is 12.8. The summed E-state index contributed by atoms with van der Waals surface area (Å²) in [5.74, 6) is 0. The van der Waals surface area contributed by atoms with E-state index in [4.69, 9.17) is 11.6 Å². The molecule has 0 amide bonds. The molecule has 1 heterocycles. The molecule has 0 spiro atoms. The first-order valence-corrected chi connectivity index (χ1v) is 5.54. The zero-order valence-electron chi connectivity index (χ0n) is 9.90. The molecule has 0 atom stereocenters. The molecule has 0 radical (unpaired) electrons. The van der Waals surface area contributed by atoms with Crippen molar-refractivity contribution in [3.05, 3.63) is 58.9 Å². The van der Waals surface area contributed by atoms with E-state index in [9.17, 15) is 4.79 Å². The van der Waals surface area contributed by atoms with Crippen LogP contribution in [-0.2, 0) is 4.79 Å². The number of nitrogens with zero attached hydrogens (tertiary/aromatic N) is 1. The van der Waals surface area contributed by atoms with Crippen LogP contribution in [0.15, 0.2) is 47.8 Å². The molecule has 0 aliphatic heterocycles. The molecule has 0 fully saturated rings. The number of carbonyl (C=O) groups excluding carboxylic acids is 1. The fraction of sp³-hybridized carbons (Fsp3) is 0.143. The van der Waals surface area contributed by atoms with Crippen molar-refractivity contribution in [3.63, 3.8) is 0 Å². The van der Waals surface area contributed by atoms with Gasteiger partial charge in [0.05, 0.1) is 0 Å². The summed E-state index contributed by atoms with van der Waals surface area (Å²) in [5, 5.41) is 0.517. The minimum atomic E-state index is 0.455. The van der Waals surface area contributed by atoms with E-state index in [0.717, 1.165) is 23.0 Å². The number of aryl methyl sites for hydroxylation is 1. The Balaban J connectivity index is 3.22. The van der Waals surface area contributed by atoms with E-state index in [1.807, 2.05) is 19.9 Å². The maximum atomic E-state index is 10.7. The molecule has 0 saturated carbocycles. The van der Waals surface area contributed by atoms with E-state index in [1.165, 1.54) is 6.08 Å². The summed E-state index contributed by atoms with van der Waals surface area (Å²) in [4.78, 5) is 14.7. The van der Waals surface area contributed by atoms with Gasteiger partial charge in [0.15, 0.2) is 0 Å². The highest BCUT2D eigenvalue weighted by molar-refractivity contribution is 6.34. The van der Waals surface area contributed by atoms with E-state index in [2.05, 4.69) is 11.6 Å². The Morgan fingerprint density at radius 1 is 1.53 bits per heavy atom. The first-order chi connectivity index (χ1) is 8.10. The number of aldehydes is 1. The number of rotatable bonds is 4. The van der Waals surface area contributed by atoms with Gasteiger partial charge in [-0.15, -0.1) is 0 Å². The molecule has 0 N–H and O–H groups in total. The van der Waals surface area contributed by atoms with Gasteiger partial charge in [0.2, 0.25) is 0 Å². The molecule has 88 valence electrons. The van der Waals surface area contributed by atoms with Crippen LogP contribution in [0.5, 0.6) is 0 Å². The smallest absolute Gasteiger partial charge is 0.150 e. The normalized spacial score (nSPS) is 13.0. The lowest BCUT2D eigenvalue weighted by atomic mass is 10.0. The van der Waals surface area contributed by atoms with Crippen LogP contribution in [0.25, 0.3) is 5.57 Å². The molecule has 1 aromatic rings. The van der Waals surface area contributed by atoms with Gasteiger partial charge in [0.25, 0.3) is 0 Å². The van der Waals surface area contributed by atoms with Crippen LogP contribution in [0.1, 0.15) is 18.1 Å². The van der Waals surface area contributed by atoms with Crippen LogP contribution in [0.4, 0.5) is 0 Å². The lowest BCUT2D eigenvalue weighted by Crippen LogP contribution is -1.89. The second-order valence-corrected chi connectivity index (χ2v) is 4.04. The third-order valence-electron chi connectivity index (χ3n) is 2.47. The fourth-order valence-electron chi connectivity index (χ4n) is 1.38. The molecule has 0 saturated heterocycles. The van der Waals surface area contributed by atoms with E-state index in [0.29, 0.717) is 10.6 Å². The van der Waals surface area contributed by atoms with Gasteiger partial charge >= 0.3 is 0 Å². The number of hydrogen-bond donors (Lipinski definition) is 0. The van der Waals surface area contributed by atoms with Crippen LogP contribution in [0.3, 0.4) is 0 Å². The third kappa shape index (κ3) is 3.40. The van der Waals surface area contributed by atoms with Crippen molar-refractivity contribution in [1.29, 1.82) is 0 Å². The average molecular weight is 248 g/mol. The maximum absolute atomic E-state index is 10.7. The Hall–Kier alpha value is -1.67. The molecule has 3 heteroatoms. The molecule has 1 rings (SSSR count). The van der Waals surface area contributed by atoms with Gasteiger partial charge in [-0.2, -0.15) is 0 Å².